The Labute approximate surface area is 109 Å². The van der Waals surface area contributed by atoms with E-state index >= 15 is 0 Å². The second-order valence-corrected chi connectivity index (χ2v) is 5.63. The SMILES string of the molecule is Cc1cnccc1C(C(=O)OC(C)(C)C)N(C)C. The quantitative estimate of drug-likeness (QED) is 0.772. The Bertz CT molecular complexity index is 422. The molecule has 1 aromatic rings. The maximum atomic E-state index is 12.3. The van der Waals surface area contributed by atoms with E-state index in [0.717, 1.165) is 11.1 Å². The van der Waals surface area contributed by atoms with E-state index in [0.29, 0.717) is 0 Å². The molecule has 0 aromatic carbocycles. The number of pyridine rings is 1. The average Bonchev–Trinajstić information content (AvgIpc) is 2.17. The van der Waals surface area contributed by atoms with E-state index in [1.165, 1.54) is 0 Å². The van der Waals surface area contributed by atoms with E-state index in [-0.39, 0.29) is 5.97 Å². The minimum atomic E-state index is -0.480. The number of esters is 1. The largest absolute Gasteiger partial charge is 0.459 e. The highest BCUT2D eigenvalue weighted by Gasteiger charge is 2.29. The molecule has 0 amide bonds. The van der Waals surface area contributed by atoms with E-state index < -0.39 is 11.6 Å². The second kappa shape index (κ2) is 5.48. The van der Waals surface area contributed by atoms with Crippen LogP contribution in [0.2, 0.25) is 0 Å². The first-order valence-electron chi connectivity index (χ1n) is 6.02. The van der Waals surface area contributed by atoms with Gasteiger partial charge in [0, 0.05) is 12.4 Å². The van der Waals surface area contributed by atoms with E-state index in [1.807, 2.05) is 52.8 Å². The zero-order valence-corrected chi connectivity index (χ0v) is 12.0. The molecule has 100 valence electrons. The van der Waals surface area contributed by atoms with Gasteiger partial charge in [0.2, 0.25) is 0 Å². The molecule has 0 N–H and O–H groups in total. The molecule has 0 aliphatic heterocycles. The van der Waals surface area contributed by atoms with Gasteiger partial charge >= 0.3 is 5.97 Å². The molecule has 0 saturated carbocycles. The van der Waals surface area contributed by atoms with Crippen LogP contribution in [0.4, 0.5) is 0 Å². The summed E-state index contributed by atoms with van der Waals surface area (Å²) in [7, 11) is 3.74. The lowest BCUT2D eigenvalue weighted by Gasteiger charge is -2.28. The van der Waals surface area contributed by atoms with Gasteiger partial charge in [-0.15, -0.1) is 0 Å². The molecular formula is C14H22N2O2. The highest BCUT2D eigenvalue weighted by Crippen LogP contribution is 2.24. The molecule has 1 aromatic heterocycles. The molecule has 0 aliphatic carbocycles. The topological polar surface area (TPSA) is 42.4 Å². The van der Waals surface area contributed by atoms with Gasteiger partial charge in [0.05, 0.1) is 0 Å². The number of likely N-dealkylation sites (N-methyl/N-ethyl adjacent to an activating group) is 1. The lowest BCUT2D eigenvalue weighted by Crippen LogP contribution is -2.34. The van der Waals surface area contributed by atoms with Crippen molar-refractivity contribution in [2.45, 2.75) is 39.3 Å². The average molecular weight is 250 g/mol. The molecule has 0 saturated heterocycles. The summed E-state index contributed by atoms with van der Waals surface area (Å²) in [6.07, 6.45) is 3.46. The fraction of sp³-hybridized carbons (Fsp3) is 0.571. The molecule has 1 rings (SSSR count). The Morgan fingerprint density at radius 3 is 2.44 bits per heavy atom. The minimum absolute atomic E-state index is 0.234. The zero-order valence-electron chi connectivity index (χ0n) is 12.0. The van der Waals surface area contributed by atoms with Crippen molar-refractivity contribution in [1.29, 1.82) is 0 Å². The van der Waals surface area contributed by atoms with Crippen molar-refractivity contribution in [2.24, 2.45) is 0 Å². The summed E-state index contributed by atoms with van der Waals surface area (Å²) < 4.78 is 5.47. The number of carbonyl (C=O) groups excluding carboxylic acids is 1. The van der Waals surface area contributed by atoms with E-state index in [9.17, 15) is 4.79 Å². The third-order valence-electron chi connectivity index (χ3n) is 2.50. The summed E-state index contributed by atoms with van der Waals surface area (Å²) in [6.45, 7) is 7.56. The molecule has 0 bridgehead atoms. The molecule has 0 aliphatic rings. The van der Waals surface area contributed by atoms with Crippen LogP contribution in [0.15, 0.2) is 18.5 Å². The summed E-state index contributed by atoms with van der Waals surface area (Å²) in [6, 6.07) is 1.47. The predicted molar refractivity (Wildman–Crippen MR) is 71.2 cm³/mol. The molecule has 0 fully saturated rings. The van der Waals surface area contributed by atoms with Crippen LogP contribution in [0.1, 0.15) is 37.9 Å². The Morgan fingerprint density at radius 1 is 1.39 bits per heavy atom. The maximum absolute atomic E-state index is 12.3. The van der Waals surface area contributed by atoms with Crippen LogP contribution >= 0.6 is 0 Å². The number of carbonyl (C=O) groups is 1. The molecule has 4 heteroatoms. The molecule has 1 heterocycles. The van der Waals surface area contributed by atoms with Gasteiger partial charge in [0.25, 0.3) is 0 Å². The van der Waals surface area contributed by atoms with Crippen LogP contribution in [0.25, 0.3) is 0 Å². The van der Waals surface area contributed by atoms with Crippen molar-refractivity contribution < 1.29 is 9.53 Å². The van der Waals surface area contributed by atoms with Crippen molar-refractivity contribution in [3.63, 3.8) is 0 Å². The van der Waals surface area contributed by atoms with E-state index in [2.05, 4.69) is 4.98 Å². The molecule has 1 atom stereocenters. The van der Waals surface area contributed by atoms with Crippen molar-refractivity contribution in [1.82, 2.24) is 9.88 Å². The van der Waals surface area contributed by atoms with Crippen molar-refractivity contribution in [2.75, 3.05) is 14.1 Å². The van der Waals surface area contributed by atoms with Crippen molar-refractivity contribution in [3.05, 3.63) is 29.6 Å². The lowest BCUT2D eigenvalue weighted by molar-refractivity contribution is -0.160. The molecule has 1 unspecified atom stereocenters. The Balaban J connectivity index is 3.05. The van der Waals surface area contributed by atoms with Crippen LogP contribution < -0.4 is 0 Å². The number of aryl methyl sites for hydroxylation is 1. The number of hydrogen-bond acceptors (Lipinski definition) is 4. The fourth-order valence-corrected chi connectivity index (χ4v) is 1.76. The third-order valence-corrected chi connectivity index (χ3v) is 2.50. The standard InChI is InChI=1S/C14H22N2O2/c1-10-9-15-8-7-11(10)12(16(5)6)13(17)18-14(2,3)4/h7-9,12H,1-6H3. The molecule has 0 radical (unpaired) electrons. The number of rotatable bonds is 3. The van der Waals surface area contributed by atoms with Crippen LogP contribution in [-0.4, -0.2) is 35.5 Å². The van der Waals surface area contributed by atoms with Crippen LogP contribution in [-0.2, 0) is 9.53 Å². The van der Waals surface area contributed by atoms with Gasteiger partial charge in [-0.2, -0.15) is 0 Å². The van der Waals surface area contributed by atoms with Gasteiger partial charge in [-0.05, 0) is 59.0 Å². The number of ether oxygens (including phenoxy) is 1. The monoisotopic (exact) mass is 250 g/mol. The Hall–Kier alpha value is -1.42. The Kier molecular flexibility index (Phi) is 4.46. The molecule has 18 heavy (non-hydrogen) atoms. The van der Waals surface area contributed by atoms with E-state index in [4.69, 9.17) is 4.74 Å². The van der Waals surface area contributed by atoms with Gasteiger partial charge in [0.1, 0.15) is 11.6 Å². The number of hydrogen-bond donors (Lipinski definition) is 0. The summed E-state index contributed by atoms with van der Waals surface area (Å²) in [5, 5.41) is 0. The normalized spacial score (nSPS) is 13.5. The van der Waals surface area contributed by atoms with Crippen LogP contribution in [0.5, 0.6) is 0 Å². The lowest BCUT2D eigenvalue weighted by atomic mass is 10.0. The van der Waals surface area contributed by atoms with Crippen molar-refractivity contribution in [3.8, 4) is 0 Å². The van der Waals surface area contributed by atoms with Gasteiger partial charge in [-0.25, -0.2) is 4.79 Å². The number of nitrogens with zero attached hydrogens (tertiary/aromatic N) is 2. The summed E-state index contributed by atoms with van der Waals surface area (Å²) in [5.74, 6) is -0.234. The van der Waals surface area contributed by atoms with Crippen LogP contribution in [0.3, 0.4) is 0 Å². The number of aromatic nitrogens is 1. The molecule has 0 spiro atoms. The molecular weight excluding hydrogens is 228 g/mol. The first kappa shape index (κ1) is 14.6. The van der Waals surface area contributed by atoms with Gasteiger partial charge < -0.3 is 4.74 Å². The van der Waals surface area contributed by atoms with Crippen LogP contribution in [0, 0.1) is 6.92 Å². The highest BCUT2D eigenvalue weighted by molar-refractivity contribution is 5.78. The smallest absolute Gasteiger partial charge is 0.328 e. The van der Waals surface area contributed by atoms with Crippen molar-refractivity contribution >= 4 is 5.97 Å². The Morgan fingerprint density at radius 2 is 2.00 bits per heavy atom. The van der Waals surface area contributed by atoms with Gasteiger partial charge in [-0.1, -0.05) is 0 Å². The predicted octanol–water partition coefficient (Wildman–Crippen LogP) is 2.33. The molecule has 4 nitrogen and oxygen atoms in total. The fourth-order valence-electron chi connectivity index (χ4n) is 1.76. The first-order chi connectivity index (χ1) is 8.22. The highest BCUT2D eigenvalue weighted by atomic mass is 16.6. The van der Waals surface area contributed by atoms with Gasteiger partial charge in [0.15, 0.2) is 0 Å². The van der Waals surface area contributed by atoms with Gasteiger partial charge in [-0.3, -0.25) is 9.88 Å². The zero-order chi connectivity index (χ0) is 13.9. The first-order valence-corrected chi connectivity index (χ1v) is 6.02. The summed E-state index contributed by atoms with van der Waals surface area (Å²) in [5.41, 5.74) is 1.44. The summed E-state index contributed by atoms with van der Waals surface area (Å²) in [4.78, 5) is 18.2. The minimum Gasteiger partial charge on any atom is -0.459 e. The van der Waals surface area contributed by atoms with E-state index in [1.54, 1.807) is 12.4 Å². The maximum Gasteiger partial charge on any atom is 0.328 e. The summed E-state index contributed by atoms with van der Waals surface area (Å²) >= 11 is 0. The third kappa shape index (κ3) is 3.81. The second-order valence-electron chi connectivity index (χ2n) is 5.63.